The number of ether oxygens (including phenoxy) is 1. The zero-order chi connectivity index (χ0) is 19.7. The molecule has 2 aromatic carbocycles. The minimum absolute atomic E-state index is 0.0465. The van der Waals surface area contributed by atoms with Gasteiger partial charge in [-0.05, 0) is 36.8 Å². The first kappa shape index (κ1) is 18.8. The number of thiazole rings is 1. The molecule has 1 aliphatic rings. The fourth-order valence-corrected chi connectivity index (χ4v) is 5.80. The predicted octanol–water partition coefficient (Wildman–Crippen LogP) is 4.25. The highest BCUT2D eigenvalue weighted by molar-refractivity contribution is 7.99. The van der Waals surface area contributed by atoms with Crippen molar-refractivity contribution in [1.82, 2.24) is 4.98 Å². The van der Waals surface area contributed by atoms with Crippen LogP contribution in [0.4, 0.5) is 5.69 Å². The van der Waals surface area contributed by atoms with Gasteiger partial charge in [-0.15, -0.1) is 11.8 Å². The van der Waals surface area contributed by atoms with Gasteiger partial charge in [-0.1, -0.05) is 41.2 Å². The van der Waals surface area contributed by atoms with Crippen LogP contribution in [0.2, 0.25) is 0 Å². The maximum absolute atomic E-state index is 13.1. The lowest BCUT2D eigenvalue weighted by atomic mass is 9.84. The van der Waals surface area contributed by atoms with Gasteiger partial charge in [0, 0.05) is 22.2 Å². The zero-order valence-corrected chi connectivity index (χ0v) is 17.2. The third kappa shape index (κ3) is 3.72. The number of thioether (sulfide) groups is 1. The van der Waals surface area contributed by atoms with E-state index in [1.165, 1.54) is 23.1 Å². The van der Waals surface area contributed by atoms with E-state index in [4.69, 9.17) is 4.74 Å². The quantitative estimate of drug-likeness (QED) is 0.672. The minimum Gasteiger partial charge on any atom is -0.497 e. The zero-order valence-electron chi connectivity index (χ0n) is 15.5. The Hall–Kier alpha value is -2.51. The summed E-state index contributed by atoms with van der Waals surface area (Å²) in [5.74, 6) is 0.897. The number of aromatic nitrogens is 1. The predicted molar refractivity (Wildman–Crippen MR) is 114 cm³/mol. The molecule has 1 aliphatic heterocycles. The molecule has 0 unspecified atom stereocenters. The Morgan fingerprint density at radius 2 is 1.86 bits per heavy atom. The van der Waals surface area contributed by atoms with Crippen LogP contribution in [-0.2, 0) is 4.79 Å². The molecule has 7 heteroatoms. The van der Waals surface area contributed by atoms with Crippen molar-refractivity contribution in [2.45, 2.75) is 17.9 Å². The van der Waals surface area contributed by atoms with Gasteiger partial charge >= 0.3 is 4.87 Å². The third-order valence-corrected chi connectivity index (χ3v) is 7.10. The molecule has 2 atom stereocenters. The van der Waals surface area contributed by atoms with E-state index in [1.54, 1.807) is 7.11 Å². The molecule has 0 radical (unpaired) electrons. The Morgan fingerprint density at radius 1 is 1.14 bits per heavy atom. The van der Waals surface area contributed by atoms with Gasteiger partial charge in [0.25, 0.3) is 0 Å². The number of fused-ring (bicyclic) bond motifs is 1. The fraction of sp³-hybridized carbons (Fsp3) is 0.238. The summed E-state index contributed by atoms with van der Waals surface area (Å²) in [5.41, 5.74) is 2.94. The van der Waals surface area contributed by atoms with E-state index in [2.05, 4.69) is 22.4 Å². The first-order chi connectivity index (χ1) is 13.5. The maximum Gasteiger partial charge on any atom is 0.305 e. The highest BCUT2D eigenvalue weighted by Gasteiger charge is 2.38. The van der Waals surface area contributed by atoms with Gasteiger partial charge in [0.15, 0.2) is 0 Å². The summed E-state index contributed by atoms with van der Waals surface area (Å²) in [6.45, 7) is 2.04. The molecule has 28 heavy (non-hydrogen) atoms. The van der Waals surface area contributed by atoms with Crippen LogP contribution in [0.5, 0.6) is 5.75 Å². The number of aromatic amines is 1. The van der Waals surface area contributed by atoms with Gasteiger partial charge in [0.1, 0.15) is 5.75 Å². The number of nitrogens with one attached hydrogen (secondary N) is 2. The van der Waals surface area contributed by atoms with Crippen molar-refractivity contribution in [1.29, 1.82) is 0 Å². The number of methoxy groups -OCH3 is 1. The van der Waals surface area contributed by atoms with Crippen LogP contribution in [0.15, 0.2) is 58.4 Å². The van der Waals surface area contributed by atoms with Crippen molar-refractivity contribution in [3.05, 3.63) is 74.2 Å². The number of anilines is 1. The average molecular weight is 413 g/mol. The Bertz CT molecular complexity index is 1040. The second kappa shape index (κ2) is 7.85. The Labute approximate surface area is 171 Å². The Balaban J connectivity index is 1.66. The van der Waals surface area contributed by atoms with Crippen molar-refractivity contribution < 1.29 is 9.53 Å². The van der Waals surface area contributed by atoms with Gasteiger partial charge in [-0.3, -0.25) is 9.59 Å². The number of aryl methyl sites for hydroxylation is 1. The largest absolute Gasteiger partial charge is 0.497 e. The monoisotopic (exact) mass is 412 g/mol. The summed E-state index contributed by atoms with van der Waals surface area (Å²) in [5, 5.41) is 3.90. The topological polar surface area (TPSA) is 71.2 Å². The Morgan fingerprint density at radius 3 is 2.54 bits per heavy atom. The molecule has 0 aliphatic carbocycles. The number of hydrogen-bond donors (Lipinski definition) is 2. The van der Waals surface area contributed by atoms with Crippen molar-refractivity contribution >= 4 is 34.7 Å². The molecule has 2 N–H and O–H groups in total. The average Bonchev–Trinajstić information content (AvgIpc) is 3.08. The number of carbonyl (C=O) groups excluding carboxylic acids is 1. The molecule has 1 amide bonds. The first-order valence-electron chi connectivity index (χ1n) is 8.92. The summed E-state index contributed by atoms with van der Waals surface area (Å²) < 4.78 is 5.17. The molecule has 1 aromatic heterocycles. The summed E-state index contributed by atoms with van der Waals surface area (Å²) >= 11 is 2.74. The highest BCUT2D eigenvalue weighted by atomic mass is 32.2. The second-order valence-electron chi connectivity index (χ2n) is 6.73. The lowest BCUT2D eigenvalue weighted by Gasteiger charge is -2.30. The van der Waals surface area contributed by atoms with Gasteiger partial charge < -0.3 is 15.0 Å². The summed E-state index contributed by atoms with van der Waals surface area (Å²) in [4.78, 5) is 28.9. The lowest BCUT2D eigenvalue weighted by molar-refractivity contribution is -0.119. The van der Waals surface area contributed by atoms with Gasteiger partial charge in [0.05, 0.1) is 18.1 Å². The van der Waals surface area contributed by atoms with E-state index in [9.17, 15) is 9.59 Å². The molecular formula is C21H20N2O3S2. The van der Waals surface area contributed by atoms with E-state index < -0.39 is 0 Å². The van der Waals surface area contributed by atoms with Crippen molar-refractivity contribution in [2.75, 3.05) is 18.2 Å². The van der Waals surface area contributed by atoms with Crippen LogP contribution >= 0.6 is 23.1 Å². The smallest absolute Gasteiger partial charge is 0.305 e. The SMILES string of the molecule is COc1ccc(NC(=O)[C@H]2CSc3[nH]c(=O)sc3[C@H]2c2ccc(C)cc2)cc1. The van der Waals surface area contributed by atoms with Gasteiger partial charge in [-0.2, -0.15) is 0 Å². The molecule has 0 bridgehead atoms. The molecule has 3 aromatic rings. The van der Waals surface area contributed by atoms with E-state index in [-0.39, 0.29) is 22.6 Å². The highest BCUT2D eigenvalue weighted by Crippen LogP contribution is 2.45. The summed E-state index contributed by atoms with van der Waals surface area (Å²) in [6.07, 6.45) is 0. The van der Waals surface area contributed by atoms with Crippen LogP contribution in [0.25, 0.3) is 0 Å². The van der Waals surface area contributed by atoms with E-state index in [0.29, 0.717) is 5.75 Å². The van der Waals surface area contributed by atoms with Crippen LogP contribution in [0.1, 0.15) is 21.9 Å². The molecule has 0 fully saturated rings. The van der Waals surface area contributed by atoms with E-state index in [1.807, 2.05) is 43.3 Å². The number of carbonyl (C=O) groups is 1. The number of amides is 1. The molecule has 2 heterocycles. The molecule has 0 spiro atoms. The number of H-pyrrole nitrogens is 1. The fourth-order valence-electron chi connectivity index (χ4n) is 3.38. The summed E-state index contributed by atoms with van der Waals surface area (Å²) in [7, 11) is 1.61. The standard InChI is InChI=1S/C21H20N2O3S2/c1-12-3-5-13(6-4-12)17-16(11-27-20-18(17)28-21(25)23-20)19(24)22-14-7-9-15(26-2)10-8-14/h3-10,16-17H,11H2,1-2H3,(H,22,24)(H,23,25)/t16-,17-/m0/s1. The molecule has 0 saturated carbocycles. The van der Waals surface area contributed by atoms with Crippen LogP contribution in [0.3, 0.4) is 0 Å². The molecule has 0 saturated heterocycles. The van der Waals surface area contributed by atoms with Crippen LogP contribution < -0.4 is 14.9 Å². The lowest BCUT2D eigenvalue weighted by Crippen LogP contribution is -2.32. The van der Waals surface area contributed by atoms with Gasteiger partial charge in [-0.25, -0.2) is 0 Å². The number of benzene rings is 2. The van der Waals surface area contributed by atoms with E-state index >= 15 is 0 Å². The third-order valence-electron chi connectivity index (χ3n) is 4.86. The molecular weight excluding hydrogens is 392 g/mol. The normalized spacial score (nSPS) is 18.4. The van der Waals surface area contributed by atoms with Gasteiger partial charge in [0.2, 0.25) is 5.91 Å². The number of rotatable bonds is 4. The van der Waals surface area contributed by atoms with Crippen LogP contribution in [0, 0.1) is 12.8 Å². The Kier molecular flexibility index (Phi) is 5.28. The second-order valence-corrected chi connectivity index (χ2v) is 8.78. The number of hydrogen-bond acceptors (Lipinski definition) is 5. The van der Waals surface area contributed by atoms with Crippen molar-refractivity contribution in [3.63, 3.8) is 0 Å². The first-order valence-corrected chi connectivity index (χ1v) is 10.7. The van der Waals surface area contributed by atoms with Crippen molar-refractivity contribution in [2.24, 2.45) is 5.92 Å². The summed E-state index contributed by atoms with van der Waals surface area (Å²) in [6, 6.07) is 15.5. The van der Waals surface area contributed by atoms with E-state index in [0.717, 1.165) is 32.5 Å². The molecule has 4 rings (SSSR count). The van der Waals surface area contributed by atoms with Crippen LogP contribution in [-0.4, -0.2) is 23.8 Å². The minimum atomic E-state index is -0.270. The van der Waals surface area contributed by atoms with Crippen molar-refractivity contribution in [3.8, 4) is 5.75 Å². The molecule has 144 valence electrons. The molecule has 5 nitrogen and oxygen atoms in total. The maximum atomic E-state index is 13.1.